The highest BCUT2D eigenvalue weighted by Crippen LogP contribution is 2.31. The predicted molar refractivity (Wildman–Crippen MR) is 113 cm³/mol. The molecule has 0 bridgehead atoms. The third kappa shape index (κ3) is 3.65. The Hall–Kier alpha value is -3.65. The first-order valence-electron chi connectivity index (χ1n) is 9.20. The number of aromatic nitrogens is 4. The van der Waals surface area contributed by atoms with Gasteiger partial charge in [0.1, 0.15) is 10.8 Å². The standard InChI is InChI=1S/C22H16N4O3S/c1-27-15-10-8-14(9-11-15)21-26-25-19(29-21)13-30-22-16-5-2-3-6-17(16)23-20(24-22)18-7-4-12-28-18/h2-12H,13H2,1H3. The van der Waals surface area contributed by atoms with Crippen molar-refractivity contribution in [3.05, 3.63) is 72.8 Å². The van der Waals surface area contributed by atoms with Crippen molar-refractivity contribution in [1.82, 2.24) is 20.2 Å². The van der Waals surface area contributed by atoms with E-state index in [9.17, 15) is 0 Å². The van der Waals surface area contributed by atoms with Crippen molar-refractivity contribution in [1.29, 1.82) is 0 Å². The molecule has 30 heavy (non-hydrogen) atoms. The number of benzene rings is 2. The number of fused-ring (bicyclic) bond motifs is 1. The van der Waals surface area contributed by atoms with Crippen LogP contribution < -0.4 is 4.74 Å². The molecule has 8 heteroatoms. The quantitative estimate of drug-likeness (QED) is 0.274. The van der Waals surface area contributed by atoms with Gasteiger partial charge in [-0.25, -0.2) is 9.97 Å². The number of hydrogen-bond donors (Lipinski definition) is 0. The smallest absolute Gasteiger partial charge is 0.247 e. The predicted octanol–water partition coefficient (Wildman–Crippen LogP) is 5.24. The zero-order valence-electron chi connectivity index (χ0n) is 16.0. The van der Waals surface area contributed by atoms with Gasteiger partial charge in [-0.1, -0.05) is 30.0 Å². The number of ether oxygens (including phenoxy) is 1. The van der Waals surface area contributed by atoms with Crippen LogP contribution in [0, 0.1) is 0 Å². The van der Waals surface area contributed by atoms with Crippen molar-refractivity contribution in [3.63, 3.8) is 0 Å². The van der Waals surface area contributed by atoms with Crippen molar-refractivity contribution >= 4 is 22.7 Å². The fraction of sp³-hybridized carbons (Fsp3) is 0.0909. The van der Waals surface area contributed by atoms with E-state index in [1.165, 1.54) is 11.8 Å². The second-order valence-electron chi connectivity index (χ2n) is 6.36. The molecule has 0 fully saturated rings. The Kier molecular flexibility index (Phi) is 4.90. The van der Waals surface area contributed by atoms with E-state index < -0.39 is 0 Å². The average Bonchev–Trinajstić information content (AvgIpc) is 3.50. The van der Waals surface area contributed by atoms with E-state index in [-0.39, 0.29) is 0 Å². The van der Waals surface area contributed by atoms with E-state index in [2.05, 4.69) is 15.2 Å². The van der Waals surface area contributed by atoms with Crippen LogP contribution in [-0.4, -0.2) is 27.3 Å². The first kappa shape index (κ1) is 18.4. The molecule has 0 aliphatic rings. The van der Waals surface area contributed by atoms with Gasteiger partial charge < -0.3 is 13.6 Å². The summed E-state index contributed by atoms with van der Waals surface area (Å²) < 4.78 is 16.5. The summed E-state index contributed by atoms with van der Waals surface area (Å²) >= 11 is 1.52. The minimum atomic E-state index is 0.470. The van der Waals surface area contributed by atoms with Gasteiger partial charge in [0.05, 0.1) is 24.6 Å². The summed E-state index contributed by atoms with van der Waals surface area (Å²) in [7, 11) is 1.63. The number of furan rings is 1. The molecule has 0 saturated heterocycles. The normalized spacial score (nSPS) is 11.1. The highest BCUT2D eigenvalue weighted by Gasteiger charge is 2.14. The van der Waals surface area contributed by atoms with E-state index in [4.69, 9.17) is 18.6 Å². The van der Waals surface area contributed by atoms with Crippen LogP contribution in [0.25, 0.3) is 33.9 Å². The largest absolute Gasteiger partial charge is 0.497 e. The van der Waals surface area contributed by atoms with Crippen LogP contribution in [0.15, 0.2) is 80.8 Å². The topological polar surface area (TPSA) is 87.1 Å². The van der Waals surface area contributed by atoms with E-state index in [1.807, 2.05) is 60.7 Å². The van der Waals surface area contributed by atoms with Crippen LogP contribution in [-0.2, 0) is 5.75 Å². The molecule has 0 saturated carbocycles. The maximum atomic E-state index is 5.83. The molecule has 0 atom stereocenters. The SMILES string of the molecule is COc1ccc(-c2nnc(CSc3nc(-c4ccco4)nc4ccccc34)o2)cc1. The van der Waals surface area contributed by atoms with Crippen LogP contribution >= 0.6 is 11.8 Å². The van der Waals surface area contributed by atoms with E-state index >= 15 is 0 Å². The van der Waals surface area contributed by atoms with Crippen LogP contribution in [0.3, 0.4) is 0 Å². The lowest BCUT2D eigenvalue weighted by Crippen LogP contribution is -1.93. The summed E-state index contributed by atoms with van der Waals surface area (Å²) in [5, 5.41) is 10.1. The molecule has 0 radical (unpaired) electrons. The van der Waals surface area contributed by atoms with Crippen molar-refractivity contribution in [3.8, 4) is 28.8 Å². The fourth-order valence-corrected chi connectivity index (χ4v) is 3.82. The molecule has 3 aromatic heterocycles. The minimum Gasteiger partial charge on any atom is -0.497 e. The Balaban J connectivity index is 1.40. The number of thioether (sulfide) groups is 1. The number of hydrogen-bond acceptors (Lipinski definition) is 8. The summed E-state index contributed by atoms with van der Waals surface area (Å²) in [6.45, 7) is 0. The summed E-state index contributed by atoms with van der Waals surface area (Å²) in [6.07, 6.45) is 1.61. The molecule has 7 nitrogen and oxygen atoms in total. The van der Waals surface area contributed by atoms with Gasteiger partial charge in [-0.2, -0.15) is 0 Å². The molecule has 0 aliphatic carbocycles. The lowest BCUT2D eigenvalue weighted by Gasteiger charge is -2.06. The lowest BCUT2D eigenvalue weighted by molar-refractivity contribution is 0.415. The van der Waals surface area contributed by atoms with Gasteiger partial charge in [-0.05, 0) is 42.5 Å². The molecule has 0 aliphatic heterocycles. The van der Waals surface area contributed by atoms with Gasteiger partial charge in [0.15, 0.2) is 11.6 Å². The van der Waals surface area contributed by atoms with Crippen molar-refractivity contribution in [2.75, 3.05) is 7.11 Å². The Bertz CT molecular complexity index is 1280. The number of methoxy groups -OCH3 is 1. The van der Waals surface area contributed by atoms with Crippen molar-refractivity contribution < 1.29 is 13.6 Å². The number of rotatable bonds is 6. The second-order valence-corrected chi connectivity index (χ2v) is 7.33. The fourth-order valence-electron chi connectivity index (χ4n) is 2.97. The van der Waals surface area contributed by atoms with Gasteiger partial charge in [0.25, 0.3) is 0 Å². The Labute approximate surface area is 176 Å². The highest BCUT2D eigenvalue weighted by atomic mass is 32.2. The third-order valence-corrected chi connectivity index (χ3v) is 5.42. The second kappa shape index (κ2) is 8.00. The highest BCUT2D eigenvalue weighted by molar-refractivity contribution is 7.98. The summed E-state index contributed by atoms with van der Waals surface area (Å²) in [6, 6.07) is 19.0. The Morgan fingerprint density at radius 2 is 1.80 bits per heavy atom. The molecule has 0 spiro atoms. The average molecular weight is 416 g/mol. The van der Waals surface area contributed by atoms with Crippen LogP contribution in [0.2, 0.25) is 0 Å². The number of para-hydroxylation sites is 1. The minimum absolute atomic E-state index is 0.470. The Morgan fingerprint density at radius 1 is 0.933 bits per heavy atom. The summed E-state index contributed by atoms with van der Waals surface area (Å²) in [5.74, 6) is 3.43. The molecule has 0 N–H and O–H groups in total. The van der Waals surface area contributed by atoms with E-state index in [0.29, 0.717) is 29.1 Å². The molecule has 2 aromatic carbocycles. The summed E-state index contributed by atoms with van der Waals surface area (Å²) in [5.41, 5.74) is 1.69. The maximum absolute atomic E-state index is 5.83. The number of nitrogens with zero attached hydrogens (tertiary/aromatic N) is 4. The molecular formula is C22H16N4O3S. The van der Waals surface area contributed by atoms with Crippen LogP contribution in [0.4, 0.5) is 0 Å². The molecule has 148 valence electrons. The van der Waals surface area contributed by atoms with Gasteiger partial charge in [-0.3, -0.25) is 0 Å². The van der Waals surface area contributed by atoms with E-state index in [1.54, 1.807) is 13.4 Å². The molecular weight excluding hydrogens is 400 g/mol. The molecule has 0 amide bonds. The zero-order valence-corrected chi connectivity index (χ0v) is 16.8. The summed E-state index contributed by atoms with van der Waals surface area (Å²) in [4.78, 5) is 9.31. The molecule has 0 unspecified atom stereocenters. The van der Waals surface area contributed by atoms with Crippen molar-refractivity contribution in [2.24, 2.45) is 0 Å². The monoisotopic (exact) mass is 416 g/mol. The van der Waals surface area contributed by atoms with E-state index in [0.717, 1.165) is 27.2 Å². The molecule has 3 heterocycles. The lowest BCUT2D eigenvalue weighted by atomic mass is 10.2. The van der Waals surface area contributed by atoms with Gasteiger partial charge >= 0.3 is 0 Å². The maximum Gasteiger partial charge on any atom is 0.247 e. The van der Waals surface area contributed by atoms with Gasteiger partial charge in [0.2, 0.25) is 11.8 Å². The third-order valence-electron chi connectivity index (χ3n) is 4.45. The van der Waals surface area contributed by atoms with Crippen molar-refractivity contribution in [2.45, 2.75) is 10.8 Å². The van der Waals surface area contributed by atoms with Crippen LogP contribution in [0.1, 0.15) is 5.89 Å². The zero-order chi connectivity index (χ0) is 20.3. The van der Waals surface area contributed by atoms with Crippen LogP contribution in [0.5, 0.6) is 5.75 Å². The first-order valence-corrected chi connectivity index (χ1v) is 10.2. The van der Waals surface area contributed by atoms with Gasteiger partial charge in [-0.15, -0.1) is 10.2 Å². The van der Waals surface area contributed by atoms with Gasteiger partial charge in [0, 0.05) is 10.9 Å². The Morgan fingerprint density at radius 3 is 2.60 bits per heavy atom. The molecule has 5 rings (SSSR count). The first-order chi connectivity index (χ1) is 14.8. The molecule has 5 aromatic rings.